The number of allylic oxidation sites excluding steroid dienone is 1. The number of aromatic nitrogens is 1. The first-order valence-electron chi connectivity index (χ1n) is 11.6. The maximum Gasteiger partial charge on any atom is 0.340 e. The van der Waals surface area contributed by atoms with E-state index in [1.165, 1.54) is 12.0 Å². The summed E-state index contributed by atoms with van der Waals surface area (Å²) in [6.07, 6.45) is 1.76. The fourth-order valence-corrected chi connectivity index (χ4v) is 4.68. The van der Waals surface area contributed by atoms with E-state index in [0.717, 1.165) is 34.0 Å². The molecular formula is C29H30N2O5. The van der Waals surface area contributed by atoms with Crippen LogP contribution in [-0.4, -0.2) is 37.8 Å². The SMILES string of the molecule is COC(=O)C1=C(C)N(c2cccc(OC)c2)C(=O)/C1=C\c1cc(C)n(-c2cc(C)ccc2OC)c1C. The van der Waals surface area contributed by atoms with Crippen LogP contribution in [0.4, 0.5) is 5.69 Å². The molecule has 1 amide bonds. The van der Waals surface area contributed by atoms with E-state index in [2.05, 4.69) is 10.6 Å². The number of carbonyl (C=O) groups excluding carboxylic acids is 2. The van der Waals surface area contributed by atoms with E-state index in [-0.39, 0.29) is 17.1 Å². The van der Waals surface area contributed by atoms with Crippen molar-refractivity contribution in [3.63, 3.8) is 0 Å². The van der Waals surface area contributed by atoms with Gasteiger partial charge in [-0.15, -0.1) is 0 Å². The summed E-state index contributed by atoms with van der Waals surface area (Å²) < 4.78 is 18.1. The highest BCUT2D eigenvalue weighted by molar-refractivity contribution is 6.23. The molecule has 0 fully saturated rings. The molecule has 3 aromatic rings. The first-order valence-corrected chi connectivity index (χ1v) is 11.6. The Balaban J connectivity index is 1.87. The summed E-state index contributed by atoms with van der Waals surface area (Å²) in [4.78, 5) is 28.1. The van der Waals surface area contributed by atoms with Crippen molar-refractivity contribution in [1.82, 2.24) is 4.57 Å². The van der Waals surface area contributed by atoms with Gasteiger partial charge in [0.25, 0.3) is 5.91 Å². The third-order valence-corrected chi connectivity index (χ3v) is 6.45. The Labute approximate surface area is 211 Å². The van der Waals surface area contributed by atoms with Gasteiger partial charge in [-0.1, -0.05) is 12.1 Å². The molecule has 2 heterocycles. The van der Waals surface area contributed by atoms with Crippen LogP contribution in [0.15, 0.2) is 65.4 Å². The fraction of sp³-hybridized carbons (Fsp3) is 0.241. The van der Waals surface area contributed by atoms with Crippen LogP contribution in [0.2, 0.25) is 0 Å². The van der Waals surface area contributed by atoms with Gasteiger partial charge in [0.05, 0.1) is 43.9 Å². The molecule has 1 aliphatic rings. The zero-order valence-corrected chi connectivity index (χ0v) is 21.6. The number of esters is 1. The van der Waals surface area contributed by atoms with Crippen LogP contribution in [0.1, 0.15) is 29.4 Å². The number of hydrogen-bond donors (Lipinski definition) is 0. The minimum atomic E-state index is -0.563. The molecule has 0 atom stereocenters. The van der Waals surface area contributed by atoms with Crippen LogP contribution in [0.3, 0.4) is 0 Å². The lowest BCUT2D eigenvalue weighted by Crippen LogP contribution is -2.24. The topological polar surface area (TPSA) is 70.0 Å². The average Bonchev–Trinajstić information content (AvgIpc) is 3.29. The molecule has 0 aliphatic carbocycles. The summed E-state index contributed by atoms with van der Waals surface area (Å²) in [5.74, 6) is 0.486. The fourth-order valence-electron chi connectivity index (χ4n) is 4.68. The standard InChI is InChI=1S/C29H30N2O5/c1-17-11-12-26(35-6)25(13-17)30-18(2)14-21(19(30)3)15-24-27(29(33)36-7)20(4)31(28(24)32)22-9-8-10-23(16-22)34-5/h8-16H,1-7H3/b24-15-. The van der Waals surface area contributed by atoms with Crippen molar-refractivity contribution in [2.75, 3.05) is 26.2 Å². The second-order valence-electron chi connectivity index (χ2n) is 8.69. The van der Waals surface area contributed by atoms with Crippen molar-refractivity contribution >= 4 is 23.6 Å². The number of anilines is 1. The minimum Gasteiger partial charge on any atom is -0.497 e. The molecule has 0 unspecified atom stereocenters. The van der Waals surface area contributed by atoms with E-state index >= 15 is 0 Å². The predicted octanol–water partition coefficient (Wildman–Crippen LogP) is 5.30. The molecule has 0 N–H and O–H groups in total. The molecule has 186 valence electrons. The number of carbonyl (C=O) groups is 2. The highest BCUT2D eigenvalue weighted by atomic mass is 16.5. The average molecular weight is 487 g/mol. The number of ether oxygens (including phenoxy) is 3. The summed E-state index contributed by atoms with van der Waals surface area (Å²) in [6, 6.07) is 15.2. The Hall–Kier alpha value is -4.26. The summed E-state index contributed by atoms with van der Waals surface area (Å²) in [5, 5.41) is 0. The molecular weight excluding hydrogens is 456 g/mol. The Morgan fingerprint density at radius 1 is 0.917 bits per heavy atom. The molecule has 1 aliphatic heterocycles. The quantitative estimate of drug-likeness (QED) is 0.349. The second kappa shape index (κ2) is 9.77. The molecule has 0 radical (unpaired) electrons. The van der Waals surface area contributed by atoms with E-state index in [4.69, 9.17) is 14.2 Å². The van der Waals surface area contributed by atoms with Crippen LogP contribution in [-0.2, 0) is 14.3 Å². The molecule has 1 aromatic heterocycles. The number of benzene rings is 2. The van der Waals surface area contributed by atoms with Crippen molar-refractivity contribution in [2.24, 2.45) is 0 Å². The number of amides is 1. The number of aryl methyl sites for hydroxylation is 2. The van der Waals surface area contributed by atoms with Crippen LogP contribution in [0.25, 0.3) is 11.8 Å². The Bertz CT molecular complexity index is 1430. The normalized spacial score (nSPS) is 14.6. The summed E-state index contributed by atoms with van der Waals surface area (Å²) >= 11 is 0. The van der Waals surface area contributed by atoms with E-state index < -0.39 is 5.97 Å². The van der Waals surface area contributed by atoms with Gasteiger partial charge in [0.15, 0.2) is 0 Å². The number of hydrogen-bond acceptors (Lipinski definition) is 5. The summed E-state index contributed by atoms with van der Waals surface area (Å²) in [6.45, 7) is 7.75. The third kappa shape index (κ3) is 4.17. The minimum absolute atomic E-state index is 0.239. The van der Waals surface area contributed by atoms with Crippen LogP contribution >= 0.6 is 0 Å². The Kier molecular flexibility index (Phi) is 6.75. The monoisotopic (exact) mass is 486 g/mol. The molecule has 7 heteroatoms. The number of nitrogens with zero attached hydrogens (tertiary/aromatic N) is 2. The van der Waals surface area contributed by atoms with Gasteiger partial charge in [-0.2, -0.15) is 0 Å². The van der Waals surface area contributed by atoms with E-state index in [0.29, 0.717) is 17.1 Å². The lowest BCUT2D eigenvalue weighted by Gasteiger charge is -2.18. The van der Waals surface area contributed by atoms with Gasteiger partial charge in [0.1, 0.15) is 11.5 Å². The summed E-state index contributed by atoms with van der Waals surface area (Å²) in [5.41, 5.74) is 6.34. The largest absolute Gasteiger partial charge is 0.497 e. The molecule has 36 heavy (non-hydrogen) atoms. The van der Waals surface area contributed by atoms with Crippen molar-refractivity contribution < 1.29 is 23.8 Å². The van der Waals surface area contributed by atoms with Gasteiger partial charge in [-0.3, -0.25) is 9.69 Å². The lowest BCUT2D eigenvalue weighted by molar-refractivity contribution is -0.136. The molecule has 7 nitrogen and oxygen atoms in total. The van der Waals surface area contributed by atoms with Crippen molar-refractivity contribution in [3.8, 4) is 17.2 Å². The number of rotatable bonds is 6. The maximum absolute atomic E-state index is 13.7. The van der Waals surface area contributed by atoms with Crippen LogP contribution in [0.5, 0.6) is 11.5 Å². The van der Waals surface area contributed by atoms with Gasteiger partial charge in [0, 0.05) is 23.2 Å². The van der Waals surface area contributed by atoms with E-state index in [1.807, 2.05) is 39.0 Å². The van der Waals surface area contributed by atoms with Crippen LogP contribution in [0, 0.1) is 20.8 Å². The van der Waals surface area contributed by atoms with Gasteiger partial charge in [-0.05, 0) is 75.2 Å². The first-order chi connectivity index (χ1) is 17.2. The highest BCUT2D eigenvalue weighted by Crippen LogP contribution is 2.38. The number of methoxy groups -OCH3 is 3. The molecule has 0 saturated heterocycles. The molecule has 0 bridgehead atoms. The molecule has 0 saturated carbocycles. The molecule has 4 rings (SSSR count). The van der Waals surface area contributed by atoms with E-state index in [1.54, 1.807) is 51.5 Å². The summed E-state index contributed by atoms with van der Waals surface area (Å²) in [7, 11) is 4.53. The van der Waals surface area contributed by atoms with Gasteiger partial charge < -0.3 is 18.8 Å². The van der Waals surface area contributed by atoms with Crippen molar-refractivity contribution in [2.45, 2.75) is 27.7 Å². The molecule has 2 aromatic carbocycles. The zero-order chi connectivity index (χ0) is 26.1. The predicted molar refractivity (Wildman–Crippen MR) is 140 cm³/mol. The van der Waals surface area contributed by atoms with E-state index in [9.17, 15) is 9.59 Å². The molecule has 0 spiro atoms. The zero-order valence-electron chi connectivity index (χ0n) is 21.6. The maximum atomic E-state index is 13.7. The Morgan fingerprint density at radius 3 is 2.33 bits per heavy atom. The van der Waals surface area contributed by atoms with Gasteiger partial charge in [0.2, 0.25) is 0 Å². The first kappa shape index (κ1) is 24.9. The van der Waals surface area contributed by atoms with Crippen molar-refractivity contribution in [3.05, 3.63) is 87.9 Å². The van der Waals surface area contributed by atoms with Crippen LogP contribution < -0.4 is 14.4 Å². The highest BCUT2D eigenvalue weighted by Gasteiger charge is 2.38. The van der Waals surface area contributed by atoms with Gasteiger partial charge in [-0.25, -0.2) is 4.79 Å². The third-order valence-electron chi connectivity index (χ3n) is 6.45. The Morgan fingerprint density at radius 2 is 1.67 bits per heavy atom. The second-order valence-corrected chi connectivity index (χ2v) is 8.69. The van der Waals surface area contributed by atoms with Crippen molar-refractivity contribution in [1.29, 1.82) is 0 Å². The van der Waals surface area contributed by atoms with Gasteiger partial charge >= 0.3 is 5.97 Å². The lowest BCUT2D eigenvalue weighted by atomic mass is 10.0. The smallest absolute Gasteiger partial charge is 0.340 e.